The molecule has 7 heteroatoms. The van der Waals surface area contributed by atoms with Gasteiger partial charge in [-0.3, -0.25) is 4.79 Å². The Balaban J connectivity index is 2.10. The molecular weight excluding hydrogens is 347 g/mol. The van der Waals surface area contributed by atoms with Crippen molar-refractivity contribution in [1.29, 1.82) is 0 Å². The Morgan fingerprint density at radius 2 is 1.85 bits per heavy atom. The summed E-state index contributed by atoms with van der Waals surface area (Å²) in [7, 11) is 0. The number of hydrogen-bond acceptors (Lipinski definition) is 3. The van der Waals surface area contributed by atoms with E-state index in [0.717, 1.165) is 12.1 Å². The van der Waals surface area contributed by atoms with Gasteiger partial charge in [0.15, 0.2) is 11.6 Å². The molecule has 0 saturated carbocycles. The first-order chi connectivity index (χ1) is 12.3. The van der Waals surface area contributed by atoms with E-state index in [0.29, 0.717) is 5.39 Å². The molecule has 1 heterocycles. The van der Waals surface area contributed by atoms with E-state index in [-0.39, 0.29) is 28.3 Å². The summed E-state index contributed by atoms with van der Waals surface area (Å²) in [6.45, 7) is 2.87. The fourth-order valence-electron chi connectivity index (χ4n) is 2.63. The van der Waals surface area contributed by atoms with Crippen molar-refractivity contribution in [1.82, 2.24) is 4.98 Å². The molecule has 1 aromatic heterocycles. The van der Waals surface area contributed by atoms with Crippen molar-refractivity contribution in [3.63, 3.8) is 0 Å². The number of carboxylic acid groups (broad SMARTS) is 1. The second kappa shape index (κ2) is 6.67. The maximum atomic E-state index is 14.2. The van der Waals surface area contributed by atoms with E-state index in [1.807, 2.05) is 0 Å². The van der Waals surface area contributed by atoms with E-state index in [9.17, 15) is 23.1 Å². The highest BCUT2D eigenvalue weighted by molar-refractivity contribution is 5.81. The SMILES string of the molecule is Cc1nc2c(F)c(F)ccc2cc1Oc1cccc(F)c1C(C)C(=O)O. The number of rotatable bonds is 4. The molecule has 1 unspecified atom stereocenters. The predicted octanol–water partition coefficient (Wildman–Crippen LogP) is 4.94. The van der Waals surface area contributed by atoms with Crippen molar-refractivity contribution in [2.75, 3.05) is 0 Å². The van der Waals surface area contributed by atoms with E-state index < -0.39 is 29.3 Å². The van der Waals surface area contributed by atoms with Crippen molar-refractivity contribution < 1.29 is 27.8 Å². The summed E-state index contributed by atoms with van der Waals surface area (Å²) in [4.78, 5) is 15.3. The molecule has 0 radical (unpaired) electrons. The molecule has 0 bridgehead atoms. The summed E-state index contributed by atoms with van der Waals surface area (Å²) in [6, 6.07) is 7.73. The molecular formula is C19H14F3NO3. The zero-order valence-electron chi connectivity index (χ0n) is 13.9. The minimum absolute atomic E-state index is 0.0201. The Labute approximate surface area is 146 Å². The van der Waals surface area contributed by atoms with Gasteiger partial charge in [0.2, 0.25) is 0 Å². The Morgan fingerprint density at radius 3 is 2.54 bits per heavy atom. The third-order valence-corrected chi connectivity index (χ3v) is 4.06. The van der Waals surface area contributed by atoms with E-state index in [1.165, 1.54) is 38.1 Å². The van der Waals surface area contributed by atoms with Crippen LogP contribution in [0.15, 0.2) is 36.4 Å². The van der Waals surface area contributed by atoms with Crippen LogP contribution in [0.3, 0.4) is 0 Å². The van der Waals surface area contributed by atoms with Gasteiger partial charge in [-0.25, -0.2) is 18.2 Å². The first-order valence-electron chi connectivity index (χ1n) is 7.74. The van der Waals surface area contributed by atoms with Crippen LogP contribution >= 0.6 is 0 Å². The second-order valence-corrected chi connectivity index (χ2v) is 5.82. The van der Waals surface area contributed by atoms with Crippen molar-refractivity contribution in [3.8, 4) is 11.5 Å². The first kappa shape index (κ1) is 17.7. The van der Waals surface area contributed by atoms with Gasteiger partial charge in [-0.2, -0.15) is 0 Å². The Bertz CT molecular complexity index is 1020. The van der Waals surface area contributed by atoms with Gasteiger partial charge < -0.3 is 9.84 Å². The molecule has 0 spiro atoms. The molecule has 1 N–H and O–H groups in total. The fraction of sp³-hybridized carbons (Fsp3) is 0.158. The average molecular weight is 361 g/mol. The number of aromatic nitrogens is 1. The summed E-state index contributed by atoms with van der Waals surface area (Å²) in [6.07, 6.45) is 0. The van der Waals surface area contributed by atoms with Crippen LogP contribution in [0.4, 0.5) is 13.2 Å². The maximum absolute atomic E-state index is 14.2. The molecule has 3 aromatic rings. The predicted molar refractivity (Wildman–Crippen MR) is 88.9 cm³/mol. The van der Waals surface area contributed by atoms with Crippen LogP contribution in [-0.2, 0) is 4.79 Å². The van der Waals surface area contributed by atoms with Crippen LogP contribution < -0.4 is 4.74 Å². The largest absolute Gasteiger partial charge is 0.481 e. The van der Waals surface area contributed by atoms with Crippen molar-refractivity contribution >= 4 is 16.9 Å². The van der Waals surface area contributed by atoms with Crippen molar-refractivity contribution in [2.45, 2.75) is 19.8 Å². The van der Waals surface area contributed by atoms with Crippen LogP contribution in [0.25, 0.3) is 10.9 Å². The molecule has 4 nitrogen and oxygen atoms in total. The molecule has 1 atom stereocenters. The average Bonchev–Trinajstić information content (AvgIpc) is 2.59. The normalized spacial score (nSPS) is 12.2. The highest BCUT2D eigenvalue weighted by atomic mass is 19.2. The lowest BCUT2D eigenvalue weighted by Crippen LogP contribution is -2.11. The third-order valence-electron chi connectivity index (χ3n) is 4.06. The molecule has 0 saturated heterocycles. The Morgan fingerprint density at radius 1 is 1.12 bits per heavy atom. The van der Waals surface area contributed by atoms with Gasteiger partial charge >= 0.3 is 5.97 Å². The molecule has 26 heavy (non-hydrogen) atoms. The monoisotopic (exact) mass is 361 g/mol. The zero-order chi connectivity index (χ0) is 19.0. The summed E-state index contributed by atoms with van der Waals surface area (Å²) in [5.74, 6) is -4.92. The first-order valence-corrected chi connectivity index (χ1v) is 7.74. The minimum atomic E-state index is -1.20. The Hall–Kier alpha value is -3.09. The number of pyridine rings is 1. The highest BCUT2D eigenvalue weighted by Gasteiger charge is 2.23. The molecule has 2 aromatic carbocycles. The maximum Gasteiger partial charge on any atom is 0.310 e. The number of ether oxygens (including phenoxy) is 1. The number of carboxylic acids is 1. The molecule has 0 amide bonds. The summed E-state index contributed by atoms with van der Waals surface area (Å²) < 4.78 is 47.1. The lowest BCUT2D eigenvalue weighted by atomic mass is 9.99. The van der Waals surface area contributed by atoms with Crippen LogP contribution in [-0.4, -0.2) is 16.1 Å². The lowest BCUT2D eigenvalue weighted by molar-refractivity contribution is -0.138. The summed E-state index contributed by atoms with van der Waals surface area (Å²) in [5, 5.41) is 9.49. The topological polar surface area (TPSA) is 59.4 Å². The standard InChI is InChI=1S/C19H14F3NO3/c1-9(19(24)25)16-12(20)4-3-5-14(16)26-15-8-11-6-7-13(21)17(22)18(11)23-10(15)2/h3-9H,1-2H3,(H,24,25). The lowest BCUT2D eigenvalue weighted by Gasteiger charge is -2.16. The van der Waals surface area contributed by atoms with Gasteiger partial charge in [-0.15, -0.1) is 0 Å². The number of nitrogens with zero attached hydrogens (tertiary/aromatic N) is 1. The zero-order valence-corrected chi connectivity index (χ0v) is 13.9. The van der Waals surface area contributed by atoms with Crippen LogP contribution in [0.1, 0.15) is 24.1 Å². The number of benzene rings is 2. The number of carbonyl (C=O) groups is 1. The smallest absolute Gasteiger partial charge is 0.310 e. The number of halogens is 3. The van der Waals surface area contributed by atoms with Gasteiger partial charge in [0.25, 0.3) is 0 Å². The molecule has 0 aliphatic rings. The molecule has 3 rings (SSSR count). The van der Waals surface area contributed by atoms with E-state index in [1.54, 1.807) is 0 Å². The van der Waals surface area contributed by atoms with Crippen LogP contribution in [0.2, 0.25) is 0 Å². The summed E-state index contributed by atoms with van der Waals surface area (Å²) in [5.41, 5.74) is -0.00167. The van der Waals surface area contributed by atoms with Gasteiger partial charge in [0.1, 0.15) is 22.8 Å². The highest BCUT2D eigenvalue weighted by Crippen LogP contribution is 2.35. The quantitative estimate of drug-likeness (QED) is 0.715. The number of aliphatic carboxylic acids is 1. The fourth-order valence-corrected chi connectivity index (χ4v) is 2.63. The van der Waals surface area contributed by atoms with Crippen molar-refractivity contribution in [2.24, 2.45) is 0 Å². The number of aryl methyl sites for hydroxylation is 1. The third kappa shape index (κ3) is 3.08. The van der Waals surface area contributed by atoms with Gasteiger partial charge in [-0.05, 0) is 44.2 Å². The van der Waals surface area contributed by atoms with E-state index >= 15 is 0 Å². The molecule has 0 fully saturated rings. The minimum Gasteiger partial charge on any atom is -0.481 e. The number of fused-ring (bicyclic) bond motifs is 1. The molecule has 0 aliphatic heterocycles. The second-order valence-electron chi connectivity index (χ2n) is 5.82. The molecule has 134 valence electrons. The van der Waals surface area contributed by atoms with E-state index in [2.05, 4.69) is 4.98 Å². The van der Waals surface area contributed by atoms with Crippen LogP contribution in [0, 0.1) is 24.4 Å². The van der Waals surface area contributed by atoms with Crippen molar-refractivity contribution in [3.05, 3.63) is 65.1 Å². The Kier molecular flexibility index (Phi) is 4.54. The van der Waals surface area contributed by atoms with E-state index in [4.69, 9.17) is 4.74 Å². The van der Waals surface area contributed by atoms with Gasteiger partial charge in [-0.1, -0.05) is 6.07 Å². The van der Waals surface area contributed by atoms with Gasteiger partial charge in [0.05, 0.1) is 11.6 Å². The van der Waals surface area contributed by atoms with Gasteiger partial charge in [0, 0.05) is 10.9 Å². The summed E-state index contributed by atoms with van der Waals surface area (Å²) >= 11 is 0. The van der Waals surface area contributed by atoms with Crippen LogP contribution in [0.5, 0.6) is 11.5 Å². The number of hydrogen-bond donors (Lipinski definition) is 1. The molecule has 0 aliphatic carbocycles.